The molecule has 7 nitrogen and oxygen atoms in total. The van der Waals surface area contributed by atoms with E-state index in [9.17, 15) is 9.90 Å². The van der Waals surface area contributed by atoms with Crippen molar-refractivity contribution in [1.82, 2.24) is 0 Å². The van der Waals surface area contributed by atoms with Crippen LogP contribution in [0.4, 0.5) is 0 Å². The van der Waals surface area contributed by atoms with Gasteiger partial charge in [-0.05, 0) is 23.8 Å². The highest BCUT2D eigenvalue weighted by Crippen LogP contribution is 2.43. The zero-order chi connectivity index (χ0) is 21.0. The van der Waals surface area contributed by atoms with Gasteiger partial charge < -0.3 is 28.8 Å². The fraction of sp³-hybridized carbons (Fsp3) is 0.286. The zero-order valence-corrected chi connectivity index (χ0v) is 17.4. The number of carboxylic acid groups (broad SMARTS) is 1. The van der Waals surface area contributed by atoms with Gasteiger partial charge in [-0.1, -0.05) is 6.07 Å². The predicted octanol–water partition coefficient (Wildman–Crippen LogP) is 4.26. The average Bonchev–Trinajstić information content (AvgIpc) is 3.10. The lowest BCUT2D eigenvalue weighted by Gasteiger charge is -2.11. The van der Waals surface area contributed by atoms with Crippen LogP contribution < -0.4 is 23.7 Å². The van der Waals surface area contributed by atoms with Gasteiger partial charge in [-0.25, -0.2) is 4.79 Å². The van der Waals surface area contributed by atoms with Gasteiger partial charge in [-0.15, -0.1) is 11.3 Å². The van der Waals surface area contributed by atoms with Crippen LogP contribution in [0, 0.1) is 0 Å². The fourth-order valence-electron chi connectivity index (χ4n) is 2.99. The van der Waals surface area contributed by atoms with Gasteiger partial charge in [-0.2, -0.15) is 0 Å². The molecule has 0 spiro atoms. The predicted molar refractivity (Wildman–Crippen MR) is 111 cm³/mol. The Morgan fingerprint density at radius 2 is 1.52 bits per heavy atom. The third-order valence-corrected chi connectivity index (χ3v) is 5.55. The summed E-state index contributed by atoms with van der Waals surface area (Å²) in [4.78, 5) is 11.9. The Balaban J connectivity index is 1.87. The van der Waals surface area contributed by atoms with E-state index in [1.807, 2.05) is 18.2 Å². The summed E-state index contributed by atoms with van der Waals surface area (Å²) in [6.07, 6.45) is 0.573. The first-order valence-corrected chi connectivity index (χ1v) is 9.59. The van der Waals surface area contributed by atoms with Gasteiger partial charge >= 0.3 is 5.97 Å². The van der Waals surface area contributed by atoms with Crippen LogP contribution in [-0.2, 0) is 6.42 Å². The molecule has 0 bridgehead atoms. The van der Waals surface area contributed by atoms with Crippen molar-refractivity contribution < 1.29 is 33.6 Å². The van der Waals surface area contributed by atoms with Gasteiger partial charge in [0.15, 0.2) is 33.6 Å². The van der Waals surface area contributed by atoms with Crippen molar-refractivity contribution >= 4 is 27.4 Å². The molecule has 2 aromatic carbocycles. The molecule has 0 saturated carbocycles. The second kappa shape index (κ2) is 8.91. The molecule has 0 amide bonds. The van der Waals surface area contributed by atoms with E-state index < -0.39 is 5.97 Å². The van der Waals surface area contributed by atoms with Crippen molar-refractivity contribution in [2.75, 3.05) is 35.0 Å². The molecule has 0 aliphatic heterocycles. The molecule has 0 fully saturated rings. The minimum atomic E-state index is -1.04. The summed E-state index contributed by atoms with van der Waals surface area (Å²) in [6.45, 7) is 0.302. The highest BCUT2D eigenvalue weighted by Gasteiger charge is 2.21. The largest absolute Gasteiger partial charge is 0.493 e. The number of thiophene rings is 1. The number of methoxy groups -OCH3 is 4. The normalized spacial score (nSPS) is 10.6. The van der Waals surface area contributed by atoms with Gasteiger partial charge in [0, 0.05) is 22.6 Å². The molecule has 3 rings (SSSR count). The van der Waals surface area contributed by atoms with Crippen LogP contribution in [0.3, 0.4) is 0 Å². The molecule has 154 valence electrons. The number of hydrogen-bond acceptors (Lipinski definition) is 7. The molecule has 0 radical (unpaired) electrons. The van der Waals surface area contributed by atoms with E-state index in [1.165, 1.54) is 14.2 Å². The number of aromatic carboxylic acids is 1. The maximum absolute atomic E-state index is 11.7. The van der Waals surface area contributed by atoms with Crippen molar-refractivity contribution in [3.63, 3.8) is 0 Å². The van der Waals surface area contributed by atoms with Crippen molar-refractivity contribution in [3.05, 3.63) is 40.8 Å². The van der Waals surface area contributed by atoms with Crippen LogP contribution in [0.25, 0.3) is 10.1 Å². The van der Waals surface area contributed by atoms with Crippen molar-refractivity contribution in [1.29, 1.82) is 0 Å². The fourth-order valence-corrected chi connectivity index (χ4v) is 3.99. The number of benzene rings is 2. The van der Waals surface area contributed by atoms with E-state index >= 15 is 0 Å². The summed E-state index contributed by atoms with van der Waals surface area (Å²) in [5, 5.41) is 10.3. The van der Waals surface area contributed by atoms with Gasteiger partial charge in [0.25, 0.3) is 0 Å². The molecule has 0 aliphatic carbocycles. The summed E-state index contributed by atoms with van der Waals surface area (Å²) in [7, 11) is 6.23. The van der Waals surface area contributed by atoms with E-state index in [0.29, 0.717) is 47.2 Å². The first-order valence-electron chi connectivity index (χ1n) is 8.77. The summed E-state index contributed by atoms with van der Waals surface area (Å²) in [5.74, 6) is 1.63. The third-order valence-electron chi connectivity index (χ3n) is 4.43. The Bertz CT molecular complexity index is 1030. The molecule has 0 unspecified atom stereocenters. The minimum absolute atomic E-state index is 0.141. The number of rotatable bonds is 9. The van der Waals surface area contributed by atoms with Crippen LogP contribution in [0.5, 0.6) is 28.7 Å². The lowest BCUT2D eigenvalue weighted by molar-refractivity contribution is 0.0698. The van der Waals surface area contributed by atoms with E-state index in [4.69, 9.17) is 23.7 Å². The molecular formula is C21H22O7S. The molecule has 8 heteroatoms. The van der Waals surface area contributed by atoms with Crippen LogP contribution in [0.2, 0.25) is 0 Å². The highest BCUT2D eigenvalue weighted by atomic mass is 32.1. The second-order valence-electron chi connectivity index (χ2n) is 6.06. The van der Waals surface area contributed by atoms with E-state index in [-0.39, 0.29) is 4.88 Å². The van der Waals surface area contributed by atoms with Gasteiger partial charge in [0.2, 0.25) is 0 Å². The Morgan fingerprint density at radius 1 is 0.897 bits per heavy atom. The van der Waals surface area contributed by atoms with E-state index in [1.54, 1.807) is 26.4 Å². The zero-order valence-electron chi connectivity index (χ0n) is 16.6. The van der Waals surface area contributed by atoms with Gasteiger partial charge in [0.1, 0.15) is 0 Å². The number of hydrogen-bond donors (Lipinski definition) is 1. The van der Waals surface area contributed by atoms with Crippen LogP contribution in [-0.4, -0.2) is 46.1 Å². The van der Waals surface area contributed by atoms with Gasteiger partial charge in [0.05, 0.1) is 35.0 Å². The van der Waals surface area contributed by atoms with Crippen molar-refractivity contribution in [3.8, 4) is 28.7 Å². The standard InChI is InChI=1S/C21H22O7S/c1-24-14-6-5-12(9-15(14)25-2)7-8-28-19-13-10-16(26-3)17(27-4)11-18(13)29-20(19)21(22)23/h5-6,9-11H,7-8H2,1-4H3,(H,22,23). The Kier molecular flexibility index (Phi) is 6.33. The van der Waals surface area contributed by atoms with E-state index in [0.717, 1.165) is 21.6 Å². The molecule has 29 heavy (non-hydrogen) atoms. The maximum Gasteiger partial charge on any atom is 0.349 e. The topological polar surface area (TPSA) is 83.5 Å². The summed E-state index contributed by atoms with van der Waals surface area (Å²) >= 11 is 1.14. The van der Waals surface area contributed by atoms with Crippen molar-refractivity contribution in [2.24, 2.45) is 0 Å². The highest BCUT2D eigenvalue weighted by molar-refractivity contribution is 7.21. The second-order valence-corrected chi connectivity index (χ2v) is 7.11. The third kappa shape index (κ3) is 4.17. The molecule has 3 aromatic rings. The lowest BCUT2D eigenvalue weighted by atomic mass is 10.1. The van der Waals surface area contributed by atoms with Crippen molar-refractivity contribution in [2.45, 2.75) is 6.42 Å². The number of carbonyl (C=O) groups is 1. The smallest absolute Gasteiger partial charge is 0.349 e. The average molecular weight is 418 g/mol. The Hall–Kier alpha value is -3.13. The first kappa shape index (κ1) is 20.6. The summed E-state index contributed by atoms with van der Waals surface area (Å²) in [6, 6.07) is 9.12. The summed E-state index contributed by atoms with van der Waals surface area (Å²) in [5.41, 5.74) is 0.985. The lowest BCUT2D eigenvalue weighted by Crippen LogP contribution is -2.05. The minimum Gasteiger partial charge on any atom is -0.493 e. The van der Waals surface area contributed by atoms with Gasteiger partial charge in [-0.3, -0.25) is 0 Å². The molecule has 0 saturated heterocycles. The monoisotopic (exact) mass is 418 g/mol. The van der Waals surface area contributed by atoms with E-state index in [2.05, 4.69) is 0 Å². The Morgan fingerprint density at radius 3 is 2.14 bits per heavy atom. The number of fused-ring (bicyclic) bond motifs is 1. The molecular weight excluding hydrogens is 396 g/mol. The SMILES string of the molecule is COc1ccc(CCOc2c(C(=O)O)sc3cc(OC)c(OC)cc23)cc1OC. The van der Waals surface area contributed by atoms with Crippen LogP contribution >= 0.6 is 11.3 Å². The number of ether oxygens (including phenoxy) is 5. The maximum atomic E-state index is 11.7. The molecule has 0 aliphatic rings. The molecule has 1 N–H and O–H groups in total. The van der Waals surface area contributed by atoms with Crippen LogP contribution in [0.1, 0.15) is 15.2 Å². The first-order chi connectivity index (χ1) is 14.0. The number of carboxylic acids is 1. The molecule has 1 heterocycles. The summed E-state index contributed by atoms with van der Waals surface area (Å²) < 4.78 is 27.9. The van der Waals surface area contributed by atoms with Crippen LogP contribution in [0.15, 0.2) is 30.3 Å². The Labute approximate surface area is 172 Å². The molecule has 1 aromatic heterocycles. The molecule has 0 atom stereocenters. The quantitative estimate of drug-likeness (QED) is 0.556.